The number of benzene rings is 1. The molecule has 0 fully saturated rings. The van der Waals surface area contributed by atoms with Gasteiger partial charge in [-0.3, -0.25) is 0 Å². The summed E-state index contributed by atoms with van der Waals surface area (Å²) in [5, 5.41) is 17.6. The van der Waals surface area contributed by atoms with E-state index in [-0.39, 0.29) is 23.6 Å². The van der Waals surface area contributed by atoms with E-state index in [2.05, 4.69) is 20.7 Å². The molecule has 9 heteroatoms. The van der Waals surface area contributed by atoms with Gasteiger partial charge in [0, 0.05) is 23.4 Å². The minimum atomic E-state index is -3.72. The van der Waals surface area contributed by atoms with E-state index in [1.807, 2.05) is 0 Å². The molecule has 0 amide bonds. The van der Waals surface area contributed by atoms with Crippen LogP contribution in [-0.4, -0.2) is 49.3 Å². The summed E-state index contributed by atoms with van der Waals surface area (Å²) >= 11 is 4.60. The largest absolute Gasteiger partial charge is 0.478 e. The Morgan fingerprint density at radius 1 is 1.33 bits per heavy atom. The van der Waals surface area contributed by atoms with Crippen molar-refractivity contribution in [3.05, 3.63) is 28.2 Å². The number of hydrogen-bond acceptors (Lipinski definition) is 5. The molecule has 1 aromatic carbocycles. The first-order valence-corrected chi connectivity index (χ1v) is 9.52. The number of thioether (sulfide) groups is 1. The number of aliphatic hydroxyl groups is 1. The van der Waals surface area contributed by atoms with E-state index < -0.39 is 16.0 Å². The summed E-state index contributed by atoms with van der Waals surface area (Å²) in [5.74, 6) is 0.153. The van der Waals surface area contributed by atoms with Gasteiger partial charge in [0.15, 0.2) is 0 Å². The summed E-state index contributed by atoms with van der Waals surface area (Å²) in [6, 6.07) is 3.86. The van der Waals surface area contributed by atoms with Crippen molar-refractivity contribution in [3.63, 3.8) is 0 Å². The highest BCUT2D eigenvalue weighted by Gasteiger charge is 2.17. The molecular formula is C12H16BrNO5S2. The Morgan fingerprint density at radius 2 is 2.05 bits per heavy atom. The Balaban J connectivity index is 2.66. The van der Waals surface area contributed by atoms with Crippen LogP contribution < -0.4 is 4.72 Å². The van der Waals surface area contributed by atoms with Crippen molar-refractivity contribution in [2.24, 2.45) is 0 Å². The fourth-order valence-corrected chi connectivity index (χ4v) is 3.82. The molecular weight excluding hydrogens is 382 g/mol. The average molecular weight is 398 g/mol. The van der Waals surface area contributed by atoms with Gasteiger partial charge in [0.25, 0.3) is 0 Å². The molecule has 21 heavy (non-hydrogen) atoms. The smallest absolute Gasteiger partial charge is 0.336 e. The Kier molecular flexibility index (Phi) is 7.67. The van der Waals surface area contributed by atoms with E-state index in [0.717, 1.165) is 11.8 Å². The number of carboxylic acids is 1. The van der Waals surface area contributed by atoms with Crippen LogP contribution in [0.2, 0.25) is 0 Å². The molecule has 6 nitrogen and oxygen atoms in total. The van der Waals surface area contributed by atoms with Gasteiger partial charge in [-0.25, -0.2) is 17.9 Å². The lowest BCUT2D eigenvalue weighted by Gasteiger charge is -2.08. The lowest BCUT2D eigenvalue weighted by atomic mass is 10.2. The number of hydrogen-bond donors (Lipinski definition) is 3. The van der Waals surface area contributed by atoms with Crippen LogP contribution in [0.5, 0.6) is 0 Å². The maximum absolute atomic E-state index is 12.0. The summed E-state index contributed by atoms with van der Waals surface area (Å²) in [7, 11) is -3.72. The number of carbonyl (C=O) groups is 1. The third-order valence-corrected chi connectivity index (χ3v) is 5.68. The second-order valence-electron chi connectivity index (χ2n) is 4.03. The van der Waals surface area contributed by atoms with Crippen LogP contribution in [0, 0.1) is 0 Å². The first-order valence-electron chi connectivity index (χ1n) is 6.09. The molecule has 0 radical (unpaired) electrons. The predicted molar refractivity (Wildman–Crippen MR) is 85.3 cm³/mol. The number of halogens is 1. The van der Waals surface area contributed by atoms with Crippen molar-refractivity contribution in [2.75, 3.05) is 24.7 Å². The highest BCUT2D eigenvalue weighted by atomic mass is 79.9. The topological polar surface area (TPSA) is 104 Å². The number of carboxylic acid groups (broad SMARTS) is 1. The molecule has 1 aromatic rings. The number of aromatic carboxylic acids is 1. The van der Waals surface area contributed by atoms with Crippen LogP contribution in [0.4, 0.5) is 0 Å². The number of nitrogens with one attached hydrogen (secondary N) is 1. The second-order valence-corrected chi connectivity index (χ2v) is 7.88. The van der Waals surface area contributed by atoms with Crippen molar-refractivity contribution in [3.8, 4) is 0 Å². The molecule has 0 unspecified atom stereocenters. The normalized spacial score (nSPS) is 11.5. The molecule has 0 aliphatic rings. The first-order chi connectivity index (χ1) is 9.88. The van der Waals surface area contributed by atoms with Crippen LogP contribution in [0.3, 0.4) is 0 Å². The van der Waals surface area contributed by atoms with Crippen molar-refractivity contribution >= 4 is 43.7 Å². The van der Waals surface area contributed by atoms with Gasteiger partial charge < -0.3 is 10.2 Å². The van der Waals surface area contributed by atoms with Gasteiger partial charge in [-0.05, 0) is 46.3 Å². The minimum Gasteiger partial charge on any atom is -0.478 e. The Bertz CT molecular complexity index is 591. The zero-order chi connectivity index (χ0) is 15.9. The summed E-state index contributed by atoms with van der Waals surface area (Å²) in [5.41, 5.74) is -0.102. The lowest BCUT2D eigenvalue weighted by Crippen LogP contribution is -2.26. The summed E-state index contributed by atoms with van der Waals surface area (Å²) in [6.07, 6.45) is 0.673. The molecule has 0 bridgehead atoms. The molecule has 118 valence electrons. The monoisotopic (exact) mass is 397 g/mol. The van der Waals surface area contributed by atoms with Gasteiger partial charge in [0.2, 0.25) is 10.0 Å². The van der Waals surface area contributed by atoms with Gasteiger partial charge in [0.1, 0.15) is 0 Å². The van der Waals surface area contributed by atoms with Gasteiger partial charge in [-0.1, -0.05) is 0 Å². The Morgan fingerprint density at radius 3 is 2.67 bits per heavy atom. The predicted octanol–water partition coefficient (Wildman–Crippen LogP) is 1.54. The summed E-state index contributed by atoms with van der Waals surface area (Å²) in [6.45, 7) is 0.368. The third kappa shape index (κ3) is 5.95. The molecule has 0 saturated carbocycles. The molecule has 0 aliphatic carbocycles. The number of sulfonamides is 1. The van der Waals surface area contributed by atoms with Crippen molar-refractivity contribution < 1.29 is 23.4 Å². The standard InChI is InChI=1S/C12H16BrNO5S2/c13-11-3-2-9(8-10(11)12(16)17)21(18,19)14-4-7-20-6-1-5-15/h2-3,8,14-15H,1,4-7H2,(H,16,17). The van der Waals surface area contributed by atoms with E-state index in [1.165, 1.54) is 23.9 Å². The average Bonchev–Trinajstić information content (AvgIpc) is 2.42. The van der Waals surface area contributed by atoms with Crippen LogP contribution in [0.25, 0.3) is 0 Å². The van der Waals surface area contributed by atoms with Crippen molar-refractivity contribution in [2.45, 2.75) is 11.3 Å². The first kappa shape index (κ1) is 18.4. The van der Waals surface area contributed by atoms with Crippen LogP contribution in [0.1, 0.15) is 16.8 Å². The van der Waals surface area contributed by atoms with Crippen molar-refractivity contribution in [1.29, 1.82) is 0 Å². The van der Waals surface area contributed by atoms with Gasteiger partial charge >= 0.3 is 5.97 Å². The number of rotatable bonds is 9. The highest BCUT2D eigenvalue weighted by Crippen LogP contribution is 2.21. The molecule has 3 N–H and O–H groups in total. The second kappa shape index (κ2) is 8.74. The number of aliphatic hydroxyl groups excluding tert-OH is 1. The molecule has 0 spiro atoms. The van der Waals surface area contributed by atoms with Crippen LogP contribution in [-0.2, 0) is 10.0 Å². The molecule has 0 atom stereocenters. The maximum atomic E-state index is 12.0. The Labute approximate surface area is 136 Å². The Hall–Kier alpha value is -0.610. The zero-order valence-corrected chi connectivity index (χ0v) is 14.3. The molecule has 0 aliphatic heterocycles. The third-order valence-electron chi connectivity index (χ3n) is 2.46. The fraction of sp³-hybridized carbons (Fsp3) is 0.417. The van der Waals surface area contributed by atoms with Gasteiger partial charge in [-0.2, -0.15) is 11.8 Å². The summed E-state index contributed by atoms with van der Waals surface area (Å²) in [4.78, 5) is 10.9. The SMILES string of the molecule is O=C(O)c1cc(S(=O)(=O)NCCSCCCO)ccc1Br. The molecule has 0 heterocycles. The molecule has 1 rings (SSSR count). The highest BCUT2D eigenvalue weighted by molar-refractivity contribution is 9.10. The lowest BCUT2D eigenvalue weighted by molar-refractivity contribution is 0.0695. The van der Waals surface area contributed by atoms with Gasteiger partial charge in [0.05, 0.1) is 10.5 Å². The van der Waals surface area contributed by atoms with E-state index in [1.54, 1.807) is 0 Å². The van der Waals surface area contributed by atoms with Crippen molar-refractivity contribution in [1.82, 2.24) is 4.72 Å². The fourth-order valence-electron chi connectivity index (χ4n) is 1.44. The van der Waals surface area contributed by atoms with Gasteiger partial charge in [-0.15, -0.1) is 0 Å². The van der Waals surface area contributed by atoms with E-state index in [0.29, 0.717) is 16.6 Å². The summed E-state index contributed by atoms with van der Waals surface area (Å²) < 4.78 is 26.8. The van der Waals surface area contributed by atoms with E-state index in [9.17, 15) is 13.2 Å². The minimum absolute atomic E-state index is 0.0801. The van der Waals surface area contributed by atoms with E-state index in [4.69, 9.17) is 10.2 Å². The quantitative estimate of drug-likeness (QED) is 0.546. The van der Waals surface area contributed by atoms with E-state index >= 15 is 0 Å². The zero-order valence-electron chi connectivity index (χ0n) is 11.1. The van der Waals surface area contributed by atoms with Crippen LogP contribution >= 0.6 is 27.7 Å². The van der Waals surface area contributed by atoms with Crippen LogP contribution in [0.15, 0.2) is 27.6 Å². The maximum Gasteiger partial charge on any atom is 0.336 e. The molecule has 0 aromatic heterocycles. The molecule has 0 saturated heterocycles.